The quantitative estimate of drug-likeness (QED) is 0.810. The molecule has 2 N–H and O–H groups in total. The Morgan fingerprint density at radius 2 is 1.93 bits per heavy atom. The molecule has 0 aromatic carbocycles. The highest BCUT2D eigenvalue weighted by Crippen LogP contribution is 2.24. The number of rotatable bonds is 5. The van der Waals surface area contributed by atoms with Crippen LogP contribution in [0.4, 0.5) is 0 Å². The zero-order valence-corrected chi connectivity index (χ0v) is 10.3. The van der Waals surface area contributed by atoms with E-state index in [0.29, 0.717) is 12.0 Å². The summed E-state index contributed by atoms with van der Waals surface area (Å²) in [6, 6.07) is 0.625. The Hall–Kier alpha value is -0.830. The number of hydrogen-bond acceptors (Lipinski definition) is 2. The van der Waals surface area contributed by atoms with E-state index < -0.39 is 0 Å². The highest BCUT2D eigenvalue weighted by Gasteiger charge is 2.18. The monoisotopic (exact) mass is 209 g/mol. The fraction of sp³-hybridized carbons (Fsp3) is 0.750. The van der Waals surface area contributed by atoms with E-state index in [2.05, 4.69) is 37.2 Å². The first-order chi connectivity index (χ1) is 7.11. The number of aromatic nitrogens is 2. The van der Waals surface area contributed by atoms with Crippen molar-refractivity contribution in [2.24, 2.45) is 11.7 Å². The normalized spacial score (nSPS) is 13.8. The number of nitrogens with zero attached hydrogens (tertiary/aromatic N) is 2. The van der Waals surface area contributed by atoms with Crippen molar-refractivity contribution in [1.29, 1.82) is 0 Å². The van der Waals surface area contributed by atoms with Crippen molar-refractivity contribution in [3.05, 3.63) is 18.2 Å². The van der Waals surface area contributed by atoms with Gasteiger partial charge in [-0.25, -0.2) is 4.98 Å². The van der Waals surface area contributed by atoms with Crippen molar-refractivity contribution in [3.8, 4) is 0 Å². The minimum Gasteiger partial charge on any atom is -0.330 e. The Bertz CT molecular complexity index is 270. The molecule has 0 aliphatic carbocycles. The van der Waals surface area contributed by atoms with E-state index in [-0.39, 0.29) is 6.04 Å². The van der Waals surface area contributed by atoms with E-state index in [1.807, 2.05) is 12.5 Å². The molecule has 15 heavy (non-hydrogen) atoms. The summed E-state index contributed by atoms with van der Waals surface area (Å²) in [6.45, 7) is 8.71. The molecule has 0 aliphatic rings. The van der Waals surface area contributed by atoms with Crippen molar-refractivity contribution in [1.82, 2.24) is 9.55 Å². The molecule has 1 unspecified atom stereocenters. The second-order valence-corrected chi connectivity index (χ2v) is 4.47. The third-order valence-corrected chi connectivity index (χ3v) is 3.09. The van der Waals surface area contributed by atoms with Gasteiger partial charge in [-0.3, -0.25) is 0 Å². The van der Waals surface area contributed by atoms with E-state index in [0.717, 1.165) is 12.8 Å². The molecule has 1 rings (SSSR count). The van der Waals surface area contributed by atoms with Crippen molar-refractivity contribution in [2.75, 3.05) is 0 Å². The van der Waals surface area contributed by atoms with Gasteiger partial charge in [-0.15, -0.1) is 0 Å². The van der Waals surface area contributed by atoms with Crippen LogP contribution in [0.3, 0.4) is 0 Å². The Morgan fingerprint density at radius 1 is 1.33 bits per heavy atom. The first-order valence-electron chi connectivity index (χ1n) is 5.89. The average molecular weight is 209 g/mol. The third kappa shape index (κ3) is 2.59. The molecule has 86 valence electrons. The van der Waals surface area contributed by atoms with Crippen LogP contribution in [0.25, 0.3) is 0 Å². The average Bonchev–Trinajstić information content (AvgIpc) is 2.67. The van der Waals surface area contributed by atoms with E-state index in [9.17, 15) is 0 Å². The fourth-order valence-corrected chi connectivity index (χ4v) is 1.90. The van der Waals surface area contributed by atoms with Crippen LogP contribution >= 0.6 is 0 Å². The smallest absolute Gasteiger partial charge is 0.0951 e. The minimum atomic E-state index is 0.0908. The summed E-state index contributed by atoms with van der Waals surface area (Å²) in [5, 5.41) is 0. The Morgan fingerprint density at radius 3 is 2.40 bits per heavy atom. The lowest BCUT2D eigenvalue weighted by atomic mass is 10.0. The zero-order chi connectivity index (χ0) is 11.4. The molecule has 3 nitrogen and oxygen atoms in total. The molecular formula is C12H23N3. The first-order valence-corrected chi connectivity index (χ1v) is 5.89. The molecule has 3 heteroatoms. The zero-order valence-electron chi connectivity index (χ0n) is 10.3. The van der Waals surface area contributed by atoms with Gasteiger partial charge in [-0.2, -0.15) is 0 Å². The van der Waals surface area contributed by atoms with E-state index in [1.54, 1.807) is 0 Å². The molecule has 1 aromatic heterocycles. The summed E-state index contributed by atoms with van der Waals surface area (Å²) in [7, 11) is 0. The lowest BCUT2D eigenvalue weighted by Gasteiger charge is -2.22. The molecule has 1 heterocycles. The maximum absolute atomic E-state index is 6.17. The van der Waals surface area contributed by atoms with Gasteiger partial charge in [0.2, 0.25) is 0 Å². The summed E-state index contributed by atoms with van der Waals surface area (Å²) in [6.07, 6.45) is 6.08. The summed E-state index contributed by atoms with van der Waals surface area (Å²) in [5.41, 5.74) is 7.33. The highest BCUT2D eigenvalue weighted by molar-refractivity contribution is 5.07. The van der Waals surface area contributed by atoms with E-state index >= 15 is 0 Å². The van der Waals surface area contributed by atoms with Gasteiger partial charge in [0.1, 0.15) is 0 Å². The maximum atomic E-state index is 6.17. The minimum absolute atomic E-state index is 0.0908. The van der Waals surface area contributed by atoms with Crippen LogP contribution in [0.5, 0.6) is 0 Å². The second kappa shape index (κ2) is 5.31. The van der Waals surface area contributed by atoms with Crippen molar-refractivity contribution >= 4 is 0 Å². The number of hydrogen-bond donors (Lipinski definition) is 1. The lowest BCUT2D eigenvalue weighted by Crippen LogP contribution is -2.22. The van der Waals surface area contributed by atoms with E-state index in [4.69, 9.17) is 5.73 Å². The Kier molecular flexibility index (Phi) is 4.33. The summed E-state index contributed by atoms with van der Waals surface area (Å²) < 4.78 is 2.24. The molecule has 0 spiro atoms. The van der Waals surface area contributed by atoms with Gasteiger partial charge < -0.3 is 10.3 Å². The lowest BCUT2D eigenvalue weighted by molar-refractivity contribution is 0.415. The molecular weight excluding hydrogens is 186 g/mol. The fourth-order valence-electron chi connectivity index (χ4n) is 1.90. The first kappa shape index (κ1) is 12.2. The van der Waals surface area contributed by atoms with Gasteiger partial charge in [-0.1, -0.05) is 27.7 Å². The SMILES string of the molecule is CCC(CC)n1cncc1C(N)C(C)C. The molecule has 0 radical (unpaired) electrons. The standard InChI is InChI=1S/C12H23N3/c1-5-10(6-2)15-8-14-7-11(15)12(13)9(3)4/h7-10,12H,5-6,13H2,1-4H3. The highest BCUT2D eigenvalue weighted by atomic mass is 15.1. The van der Waals surface area contributed by atoms with Crippen LogP contribution in [0.1, 0.15) is 58.3 Å². The second-order valence-electron chi connectivity index (χ2n) is 4.47. The van der Waals surface area contributed by atoms with Gasteiger partial charge in [0.25, 0.3) is 0 Å². The van der Waals surface area contributed by atoms with Crippen LogP contribution in [0.2, 0.25) is 0 Å². The van der Waals surface area contributed by atoms with Crippen LogP contribution < -0.4 is 5.73 Å². The largest absolute Gasteiger partial charge is 0.330 e. The van der Waals surface area contributed by atoms with Crippen LogP contribution in [-0.4, -0.2) is 9.55 Å². The van der Waals surface area contributed by atoms with Crippen molar-refractivity contribution < 1.29 is 0 Å². The van der Waals surface area contributed by atoms with Gasteiger partial charge in [0, 0.05) is 18.3 Å². The summed E-state index contributed by atoms with van der Waals surface area (Å²) in [5.74, 6) is 0.454. The maximum Gasteiger partial charge on any atom is 0.0951 e. The molecule has 1 atom stereocenters. The predicted octanol–water partition coefficient (Wildman–Crippen LogP) is 2.90. The van der Waals surface area contributed by atoms with Crippen LogP contribution in [0, 0.1) is 5.92 Å². The number of nitrogens with two attached hydrogens (primary N) is 1. The topological polar surface area (TPSA) is 43.8 Å². The Labute approximate surface area is 92.7 Å². The predicted molar refractivity (Wildman–Crippen MR) is 63.6 cm³/mol. The van der Waals surface area contributed by atoms with Crippen LogP contribution in [-0.2, 0) is 0 Å². The molecule has 0 fully saturated rings. The Balaban J connectivity index is 2.94. The molecule has 0 aliphatic heterocycles. The van der Waals surface area contributed by atoms with E-state index in [1.165, 1.54) is 5.69 Å². The molecule has 0 saturated heterocycles. The van der Waals surface area contributed by atoms with Gasteiger partial charge in [0.05, 0.1) is 12.0 Å². The summed E-state index contributed by atoms with van der Waals surface area (Å²) >= 11 is 0. The molecule has 0 saturated carbocycles. The molecule has 0 amide bonds. The third-order valence-electron chi connectivity index (χ3n) is 3.09. The number of imidazole rings is 1. The van der Waals surface area contributed by atoms with Crippen LogP contribution in [0.15, 0.2) is 12.5 Å². The van der Waals surface area contributed by atoms with Gasteiger partial charge >= 0.3 is 0 Å². The van der Waals surface area contributed by atoms with Gasteiger partial charge in [-0.05, 0) is 18.8 Å². The van der Waals surface area contributed by atoms with Crippen molar-refractivity contribution in [2.45, 2.75) is 52.6 Å². The van der Waals surface area contributed by atoms with Crippen molar-refractivity contribution in [3.63, 3.8) is 0 Å². The molecule has 1 aromatic rings. The molecule has 0 bridgehead atoms. The summed E-state index contributed by atoms with van der Waals surface area (Å²) in [4.78, 5) is 4.23. The van der Waals surface area contributed by atoms with Gasteiger partial charge in [0.15, 0.2) is 0 Å².